The number of allylic oxidation sites excluding steroid dienone is 7. The first-order valence-electron chi connectivity index (χ1n) is 3.88. The molecule has 0 heterocycles. The quantitative estimate of drug-likeness (QED) is 0.530. The molecule has 1 heteroatoms. The van der Waals surface area contributed by atoms with Crippen molar-refractivity contribution in [3.05, 3.63) is 47.6 Å². The highest BCUT2D eigenvalue weighted by atomic mass is 14.2. The zero-order chi connectivity index (χ0) is 8.97. The van der Waals surface area contributed by atoms with Crippen molar-refractivity contribution in [2.45, 2.75) is 13.3 Å². The first kappa shape index (κ1) is 8.55. The largest absolute Gasteiger partial charge is 0.192 e. The fraction of sp³-hybridized carbons (Fsp3) is 0.182. The molecule has 0 amide bonds. The van der Waals surface area contributed by atoms with E-state index < -0.39 is 0 Å². The van der Waals surface area contributed by atoms with Gasteiger partial charge in [-0.25, -0.2) is 0 Å². The Morgan fingerprint density at radius 2 is 2.17 bits per heavy atom. The molecule has 0 atom stereocenters. The highest BCUT2D eigenvalue weighted by Gasteiger charge is 1.96. The Morgan fingerprint density at radius 1 is 1.42 bits per heavy atom. The standard InChI is InChI=1S/C11H11N/c1-9-4-3-5-11(8-12)7-6-10(9)2/h4-7H,2-3H2,1H3/b7-6-,9-4-,11-5+. The van der Waals surface area contributed by atoms with Crippen molar-refractivity contribution in [2.24, 2.45) is 0 Å². The van der Waals surface area contributed by atoms with Crippen molar-refractivity contribution >= 4 is 0 Å². The van der Waals surface area contributed by atoms with Crippen molar-refractivity contribution in [1.82, 2.24) is 0 Å². The van der Waals surface area contributed by atoms with E-state index in [-0.39, 0.29) is 0 Å². The van der Waals surface area contributed by atoms with Crippen LogP contribution in [-0.4, -0.2) is 0 Å². The van der Waals surface area contributed by atoms with Crippen molar-refractivity contribution in [1.29, 1.82) is 5.26 Å². The summed E-state index contributed by atoms with van der Waals surface area (Å²) in [6, 6.07) is 2.11. The third-order valence-electron chi connectivity index (χ3n) is 1.86. The Bertz CT molecular complexity index is 321. The van der Waals surface area contributed by atoms with E-state index >= 15 is 0 Å². The average Bonchev–Trinajstić information content (AvgIpc) is 2.07. The topological polar surface area (TPSA) is 23.8 Å². The second kappa shape index (κ2) is 3.73. The van der Waals surface area contributed by atoms with E-state index in [0.717, 1.165) is 12.0 Å². The van der Waals surface area contributed by atoms with Gasteiger partial charge in [0.2, 0.25) is 0 Å². The Morgan fingerprint density at radius 3 is 2.83 bits per heavy atom. The van der Waals surface area contributed by atoms with Crippen LogP contribution in [0.1, 0.15) is 13.3 Å². The van der Waals surface area contributed by atoms with Crippen molar-refractivity contribution in [3.63, 3.8) is 0 Å². The molecule has 0 saturated carbocycles. The summed E-state index contributed by atoms with van der Waals surface area (Å²) in [6.45, 7) is 5.90. The molecule has 0 bridgehead atoms. The van der Waals surface area contributed by atoms with Gasteiger partial charge in [-0.05, 0) is 30.6 Å². The Labute approximate surface area is 73.0 Å². The van der Waals surface area contributed by atoms with Crippen molar-refractivity contribution in [3.8, 4) is 6.07 Å². The van der Waals surface area contributed by atoms with Crippen molar-refractivity contribution < 1.29 is 0 Å². The second-order valence-electron chi connectivity index (χ2n) is 2.75. The lowest BCUT2D eigenvalue weighted by Crippen LogP contribution is -1.83. The summed E-state index contributed by atoms with van der Waals surface area (Å²) in [5.41, 5.74) is 2.87. The molecule has 1 aliphatic rings. The normalized spacial score (nSPS) is 28.5. The first-order chi connectivity index (χ1) is 5.74. The smallest absolute Gasteiger partial charge is 0.0988 e. The maximum Gasteiger partial charge on any atom is 0.0988 e. The number of hydrogen-bond acceptors (Lipinski definition) is 1. The summed E-state index contributed by atoms with van der Waals surface area (Å²) in [5.74, 6) is 0. The molecule has 1 nitrogen and oxygen atoms in total. The minimum Gasteiger partial charge on any atom is -0.192 e. The Kier molecular flexibility index (Phi) is 2.66. The van der Waals surface area contributed by atoms with Gasteiger partial charge in [0.1, 0.15) is 0 Å². The number of hydrogen-bond donors (Lipinski definition) is 0. The lowest BCUT2D eigenvalue weighted by atomic mass is 10.0. The van der Waals surface area contributed by atoms with E-state index in [1.54, 1.807) is 6.08 Å². The van der Waals surface area contributed by atoms with Gasteiger partial charge in [-0.3, -0.25) is 0 Å². The van der Waals surface area contributed by atoms with Gasteiger partial charge in [0.05, 0.1) is 6.07 Å². The van der Waals surface area contributed by atoms with Gasteiger partial charge in [0.25, 0.3) is 0 Å². The Balaban J connectivity index is 2.97. The molecule has 0 spiro atoms. The Hall–Kier alpha value is -1.55. The molecule has 0 fully saturated rings. The van der Waals surface area contributed by atoms with Gasteiger partial charge < -0.3 is 0 Å². The molecule has 12 heavy (non-hydrogen) atoms. The van der Waals surface area contributed by atoms with Gasteiger partial charge in [-0.2, -0.15) is 5.26 Å². The monoisotopic (exact) mass is 157 g/mol. The highest BCUT2D eigenvalue weighted by Crippen LogP contribution is 2.14. The lowest BCUT2D eigenvalue weighted by molar-refractivity contribution is 1.28. The number of nitrogens with zero attached hydrogens (tertiary/aromatic N) is 1. The minimum absolute atomic E-state index is 0.708. The van der Waals surface area contributed by atoms with E-state index in [4.69, 9.17) is 5.26 Å². The van der Waals surface area contributed by atoms with Crippen molar-refractivity contribution in [2.75, 3.05) is 0 Å². The predicted molar refractivity (Wildman–Crippen MR) is 50.4 cm³/mol. The average molecular weight is 157 g/mol. The SMILES string of the molecule is C=C1/C=C\C(C#N)=C/C/C=C\1C. The van der Waals surface area contributed by atoms with E-state index in [2.05, 4.69) is 18.7 Å². The van der Waals surface area contributed by atoms with Crippen LogP contribution in [0, 0.1) is 11.3 Å². The summed E-state index contributed by atoms with van der Waals surface area (Å²) in [6.07, 6.45) is 8.48. The molecule has 1 rings (SSSR count). The number of rotatable bonds is 0. The van der Waals surface area contributed by atoms with Crippen LogP contribution in [0.4, 0.5) is 0 Å². The molecule has 0 radical (unpaired) electrons. The summed E-state index contributed by atoms with van der Waals surface area (Å²) in [5, 5.41) is 8.64. The molecule has 0 aromatic rings. The predicted octanol–water partition coefficient (Wildman–Crippen LogP) is 2.90. The van der Waals surface area contributed by atoms with Gasteiger partial charge in [-0.1, -0.05) is 24.8 Å². The zero-order valence-corrected chi connectivity index (χ0v) is 7.17. The second-order valence-corrected chi connectivity index (χ2v) is 2.75. The van der Waals surface area contributed by atoms with Crippen LogP contribution < -0.4 is 0 Å². The molecule has 0 unspecified atom stereocenters. The summed E-state index contributed by atoms with van der Waals surface area (Å²) < 4.78 is 0. The van der Waals surface area contributed by atoms with Crippen LogP contribution in [0.2, 0.25) is 0 Å². The molecule has 0 N–H and O–H groups in total. The van der Waals surface area contributed by atoms with Crippen LogP contribution in [0.25, 0.3) is 0 Å². The third kappa shape index (κ3) is 1.96. The fourth-order valence-corrected chi connectivity index (χ4v) is 0.967. The van der Waals surface area contributed by atoms with Crippen LogP contribution in [-0.2, 0) is 0 Å². The lowest BCUT2D eigenvalue weighted by Gasteiger charge is -2.01. The molecule has 60 valence electrons. The molecule has 0 aliphatic heterocycles. The van der Waals surface area contributed by atoms with Gasteiger partial charge in [0.15, 0.2) is 0 Å². The van der Waals surface area contributed by atoms with Crippen LogP contribution >= 0.6 is 0 Å². The van der Waals surface area contributed by atoms with Gasteiger partial charge in [-0.15, -0.1) is 0 Å². The van der Waals surface area contributed by atoms with Crippen LogP contribution in [0.15, 0.2) is 47.6 Å². The van der Waals surface area contributed by atoms with E-state index in [1.165, 1.54) is 5.57 Å². The van der Waals surface area contributed by atoms with Crippen LogP contribution in [0.5, 0.6) is 0 Å². The summed E-state index contributed by atoms with van der Waals surface area (Å²) in [4.78, 5) is 0. The fourth-order valence-electron chi connectivity index (χ4n) is 0.967. The molecular weight excluding hydrogens is 146 g/mol. The minimum atomic E-state index is 0.708. The summed E-state index contributed by atoms with van der Waals surface area (Å²) in [7, 11) is 0. The molecule has 1 aliphatic carbocycles. The molecule has 0 saturated heterocycles. The highest BCUT2D eigenvalue weighted by molar-refractivity contribution is 5.44. The molecular formula is C11H11N. The maximum absolute atomic E-state index is 8.64. The maximum atomic E-state index is 8.64. The van der Waals surface area contributed by atoms with E-state index in [9.17, 15) is 0 Å². The molecule has 0 aromatic carbocycles. The van der Waals surface area contributed by atoms with E-state index in [0.29, 0.717) is 5.57 Å². The van der Waals surface area contributed by atoms with Gasteiger partial charge >= 0.3 is 0 Å². The zero-order valence-electron chi connectivity index (χ0n) is 7.17. The number of nitriles is 1. The van der Waals surface area contributed by atoms with Crippen LogP contribution in [0.3, 0.4) is 0 Å². The van der Waals surface area contributed by atoms with Gasteiger partial charge in [0, 0.05) is 5.57 Å². The first-order valence-corrected chi connectivity index (χ1v) is 3.88. The summed E-state index contributed by atoms with van der Waals surface area (Å²) >= 11 is 0. The van der Waals surface area contributed by atoms with E-state index in [1.807, 2.05) is 19.1 Å². The molecule has 0 aromatic heterocycles. The third-order valence-corrected chi connectivity index (χ3v) is 1.86.